The summed E-state index contributed by atoms with van der Waals surface area (Å²) in [6, 6.07) is -0.670. The van der Waals surface area contributed by atoms with E-state index in [2.05, 4.69) is 20.7 Å². The molecule has 0 unspecified atom stereocenters. The van der Waals surface area contributed by atoms with Crippen LogP contribution in [0.1, 0.15) is 32.1 Å². The first kappa shape index (κ1) is 12.8. The van der Waals surface area contributed by atoms with Crippen molar-refractivity contribution in [2.24, 2.45) is 0 Å². The van der Waals surface area contributed by atoms with Gasteiger partial charge < -0.3 is 5.32 Å². The summed E-state index contributed by atoms with van der Waals surface area (Å²) in [5.74, 6) is 0. The molecule has 0 radical (unpaired) electrons. The maximum atomic E-state index is 11.7. The number of carbonyl (C=O) groups excluding carboxylic acids is 1. The van der Waals surface area contributed by atoms with Gasteiger partial charge in [-0.2, -0.15) is 18.7 Å². The van der Waals surface area contributed by atoms with E-state index in [4.69, 9.17) is 0 Å². The van der Waals surface area contributed by atoms with E-state index in [0.717, 1.165) is 38.3 Å². The van der Waals surface area contributed by atoms with Crippen LogP contribution in [0.15, 0.2) is 11.2 Å². The summed E-state index contributed by atoms with van der Waals surface area (Å²) >= 11 is 0. The minimum absolute atomic E-state index is 0.0475. The highest BCUT2D eigenvalue weighted by Crippen LogP contribution is 2.17. The summed E-state index contributed by atoms with van der Waals surface area (Å²) in [7, 11) is -3.93. The van der Waals surface area contributed by atoms with E-state index in [1.807, 2.05) is 4.72 Å². The molecule has 0 atom stereocenters. The minimum Gasteiger partial charge on any atom is -0.335 e. The van der Waals surface area contributed by atoms with Gasteiger partial charge >= 0.3 is 6.03 Å². The summed E-state index contributed by atoms with van der Waals surface area (Å²) in [5, 5.41) is 11.3. The molecule has 1 aromatic heterocycles. The van der Waals surface area contributed by atoms with E-state index < -0.39 is 16.1 Å². The smallest absolute Gasteiger partial charge is 0.328 e. The quantitative estimate of drug-likeness (QED) is 0.723. The van der Waals surface area contributed by atoms with Gasteiger partial charge in [0.2, 0.25) is 5.03 Å². The van der Waals surface area contributed by atoms with Gasteiger partial charge in [0.1, 0.15) is 0 Å². The molecule has 2 rings (SSSR count). The average Bonchev–Trinajstić information content (AvgIpc) is 2.83. The highest BCUT2D eigenvalue weighted by atomic mass is 32.2. The molecule has 18 heavy (non-hydrogen) atoms. The first-order valence-corrected chi connectivity index (χ1v) is 7.25. The summed E-state index contributed by atoms with van der Waals surface area (Å²) < 4.78 is 25.2. The number of nitrogens with zero attached hydrogens (tertiary/aromatic N) is 2. The number of aromatic nitrogens is 3. The van der Waals surface area contributed by atoms with E-state index >= 15 is 0 Å². The van der Waals surface area contributed by atoms with Crippen LogP contribution in [0.3, 0.4) is 0 Å². The van der Waals surface area contributed by atoms with Crippen molar-refractivity contribution in [1.82, 2.24) is 25.4 Å². The number of hydrogen-bond acceptors (Lipinski definition) is 5. The topological polar surface area (TPSA) is 117 Å². The lowest BCUT2D eigenvalue weighted by molar-refractivity contribution is 0.237. The number of amides is 2. The third-order valence-electron chi connectivity index (χ3n) is 2.84. The Bertz CT molecular complexity index is 492. The van der Waals surface area contributed by atoms with Gasteiger partial charge in [0.15, 0.2) is 0 Å². The fraction of sp³-hybridized carbons (Fsp3) is 0.667. The van der Waals surface area contributed by atoms with Crippen molar-refractivity contribution in [3.8, 4) is 0 Å². The molecule has 1 saturated carbocycles. The number of urea groups is 1. The van der Waals surface area contributed by atoms with Gasteiger partial charge in [-0.1, -0.05) is 19.3 Å². The van der Waals surface area contributed by atoms with Crippen molar-refractivity contribution in [2.75, 3.05) is 0 Å². The molecular weight excluding hydrogens is 258 g/mol. The molecule has 0 bridgehead atoms. The minimum atomic E-state index is -3.93. The van der Waals surface area contributed by atoms with Crippen LogP contribution < -0.4 is 10.0 Å². The van der Waals surface area contributed by atoms with E-state index in [9.17, 15) is 13.2 Å². The normalized spacial score (nSPS) is 17.3. The van der Waals surface area contributed by atoms with Crippen LogP contribution in [0.4, 0.5) is 4.79 Å². The van der Waals surface area contributed by atoms with E-state index in [1.54, 1.807) is 0 Å². The first-order chi connectivity index (χ1) is 8.58. The lowest BCUT2D eigenvalue weighted by Crippen LogP contribution is -2.45. The zero-order chi connectivity index (χ0) is 13.0. The Morgan fingerprint density at radius 1 is 1.33 bits per heavy atom. The Morgan fingerprint density at radius 3 is 2.67 bits per heavy atom. The Labute approximate surface area is 105 Å². The molecule has 9 heteroatoms. The van der Waals surface area contributed by atoms with Crippen LogP contribution in [-0.2, 0) is 10.0 Å². The van der Waals surface area contributed by atoms with E-state index in [0.29, 0.717) is 0 Å². The molecule has 2 amide bonds. The number of nitrogens with one attached hydrogen (secondary N) is 3. The van der Waals surface area contributed by atoms with Crippen molar-refractivity contribution in [3.63, 3.8) is 0 Å². The highest BCUT2D eigenvalue weighted by Gasteiger charge is 2.22. The van der Waals surface area contributed by atoms with E-state index in [-0.39, 0.29) is 11.1 Å². The summed E-state index contributed by atoms with van der Waals surface area (Å²) in [4.78, 5) is 11.6. The molecule has 1 heterocycles. The van der Waals surface area contributed by atoms with Crippen LogP contribution in [-0.4, -0.2) is 35.9 Å². The molecule has 0 saturated heterocycles. The van der Waals surface area contributed by atoms with Gasteiger partial charge in [0.25, 0.3) is 10.0 Å². The molecule has 0 spiro atoms. The standard InChI is InChI=1S/C9H15N5O3S/c15-9(11-7-4-2-1-3-5-7)13-18(16,17)8-6-10-14-12-8/h6-7H,1-5H2,(H,10,12,14)(H2,11,13,15). The SMILES string of the molecule is O=C(NC1CCCCC1)NS(=O)(=O)c1cn[nH]n1. The molecule has 1 aliphatic carbocycles. The number of aromatic amines is 1. The first-order valence-electron chi connectivity index (χ1n) is 5.77. The molecule has 1 aromatic rings. The maximum Gasteiger partial charge on any atom is 0.328 e. The highest BCUT2D eigenvalue weighted by molar-refractivity contribution is 7.90. The van der Waals surface area contributed by atoms with Crippen molar-refractivity contribution in [1.29, 1.82) is 0 Å². The lowest BCUT2D eigenvalue weighted by atomic mass is 9.96. The van der Waals surface area contributed by atoms with Gasteiger partial charge in [0, 0.05) is 6.04 Å². The summed E-state index contributed by atoms with van der Waals surface area (Å²) in [5.41, 5.74) is 0. The van der Waals surface area contributed by atoms with Gasteiger partial charge in [0.05, 0.1) is 6.20 Å². The van der Waals surface area contributed by atoms with Gasteiger partial charge in [-0.15, -0.1) is 5.10 Å². The van der Waals surface area contributed by atoms with Crippen molar-refractivity contribution < 1.29 is 13.2 Å². The summed E-state index contributed by atoms with van der Waals surface area (Å²) in [6.45, 7) is 0. The van der Waals surface area contributed by atoms with Crippen molar-refractivity contribution >= 4 is 16.1 Å². The second-order valence-corrected chi connectivity index (χ2v) is 5.85. The Balaban J connectivity index is 1.91. The number of H-pyrrole nitrogens is 1. The number of sulfonamides is 1. The van der Waals surface area contributed by atoms with Crippen LogP contribution >= 0.6 is 0 Å². The van der Waals surface area contributed by atoms with Crippen molar-refractivity contribution in [2.45, 2.75) is 43.2 Å². The van der Waals surface area contributed by atoms with E-state index in [1.165, 1.54) is 0 Å². The Kier molecular flexibility index (Phi) is 3.80. The van der Waals surface area contributed by atoms with Crippen LogP contribution in [0, 0.1) is 0 Å². The molecule has 0 aromatic carbocycles. The third-order valence-corrected chi connectivity index (χ3v) is 4.04. The van der Waals surface area contributed by atoms with Gasteiger partial charge in [-0.05, 0) is 12.8 Å². The van der Waals surface area contributed by atoms with Crippen LogP contribution in [0.25, 0.3) is 0 Å². The zero-order valence-electron chi connectivity index (χ0n) is 9.72. The molecule has 1 fully saturated rings. The fourth-order valence-corrected chi connectivity index (χ4v) is 2.72. The van der Waals surface area contributed by atoms with Crippen LogP contribution in [0.2, 0.25) is 0 Å². The fourth-order valence-electron chi connectivity index (χ4n) is 1.96. The molecule has 0 aliphatic heterocycles. The molecule has 1 aliphatic rings. The third kappa shape index (κ3) is 3.19. The van der Waals surface area contributed by atoms with Gasteiger partial charge in [-0.25, -0.2) is 9.52 Å². The van der Waals surface area contributed by atoms with Gasteiger partial charge in [-0.3, -0.25) is 0 Å². The zero-order valence-corrected chi connectivity index (χ0v) is 10.5. The van der Waals surface area contributed by atoms with Crippen molar-refractivity contribution in [3.05, 3.63) is 6.20 Å². The van der Waals surface area contributed by atoms with Crippen LogP contribution in [0.5, 0.6) is 0 Å². The predicted molar refractivity (Wildman–Crippen MR) is 62.1 cm³/mol. The monoisotopic (exact) mass is 273 g/mol. The second kappa shape index (κ2) is 5.34. The molecule has 8 nitrogen and oxygen atoms in total. The Hall–Kier alpha value is -1.64. The average molecular weight is 273 g/mol. The number of hydrogen-bond donors (Lipinski definition) is 3. The summed E-state index contributed by atoms with van der Waals surface area (Å²) in [6.07, 6.45) is 6.09. The molecule has 3 N–H and O–H groups in total. The lowest BCUT2D eigenvalue weighted by Gasteiger charge is -2.22. The molecule has 100 valence electrons. The number of carbonyl (C=O) groups is 1. The maximum absolute atomic E-state index is 11.7. The molecular formula is C9H15N5O3S. The Morgan fingerprint density at radius 2 is 2.06 bits per heavy atom. The predicted octanol–water partition coefficient (Wildman–Crippen LogP) is 0.125. The largest absolute Gasteiger partial charge is 0.335 e. The second-order valence-electron chi connectivity index (χ2n) is 4.22. The number of rotatable bonds is 3.